The third-order valence-electron chi connectivity index (χ3n) is 4.26. The van der Waals surface area contributed by atoms with Gasteiger partial charge in [0, 0.05) is 24.1 Å². The number of aliphatic imine (C=N–C) groups is 1. The quantitative estimate of drug-likeness (QED) is 0.731. The van der Waals surface area contributed by atoms with Gasteiger partial charge in [-0.3, -0.25) is 14.8 Å². The smallest absolute Gasteiger partial charge is 0.406 e. The maximum absolute atomic E-state index is 13.1. The van der Waals surface area contributed by atoms with Crippen LogP contribution in [0.15, 0.2) is 28.1 Å². The maximum atomic E-state index is 13.1. The van der Waals surface area contributed by atoms with Gasteiger partial charge in [0.1, 0.15) is 11.0 Å². The third kappa shape index (κ3) is 3.92. The summed E-state index contributed by atoms with van der Waals surface area (Å²) in [7, 11) is 1.73. The molecule has 9 heteroatoms. The summed E-state index contributed by atoms with van der Waals surface area (Å²) in [5.74, 6) is 1.98. The van der Waals surface area contributed by atoms with Gasteiger partial charge in [0.2, 0.25) is 0 Å². The molecule has 0 radical (unpaired) electrons. The number of benzene rings is 1. The lowest BCUT2D eigenvalue weighted by Gasteiger charge is -2.49. The van der Waals surface area contributed by atoms with E-state index in [0.29, 0.717) is 22.7 Å². The number of fused-ring (bicyclic) bond motifs is 2. The molecule has 0 bridgehead atoms. The van der Waals surface area contributed by atoms with Gasteiger partial charge in [-0.1, -0.05) is 5.92 Å². The predicted octanol–water partition coefficient (Wildman–Crippen LogP) is 3.62. The molecule has 0 aromatic heterocycles. The second kappa shape index (κ2) is 6.77. The summed E-state index contributed by atoms with van der Waals surface area (Å²) >= 11 is 1.18. The molecule has 2 heterocycles. The highest BCUT2D eigenvalue weighted by atomic mass is 32.2. The number of piperidine rings is 1. The Labute approximate surface area is 159 Å². The fraction of sp³-hybridized carbons (Fsp3) is 0.444. The standard InChI is InChI=1S/C18H18F3N3O2S/c1-5-8-23(4)24-16(25)15-13(10-17(24,2)3)22-12-7-6-11(9-14(12)27-15)26-18(19,20)21/h1,6-7,9,15H,8,10H2,2-4H3. The van der Waals surface area contributed by atoms with Gasteiger partial charge < -0.3 is 4.74 Å². The zero-order chi connectivity index (χ0) is 20.0. The topological polar surface area (TPSA) is 45.1 Å². The number of hydrogen-bond donors (Lipinski definition) is 0. The van der Waals surface area contributed by atoms with Crippen molar-refractivity contribution < 1.29 is 22.7 Å². The van der Waals surface area contributed by atoms with Crippen molar-refractivity contribution in [1.29, 1.82) is 0 Å². The van der Waals surface area contributed by atoms with Crippen molar-refractivity contribution in [2.75, 3.05) is 13.6 Å². The highest BCUT2D eigenvalue weighted by Crippen LogP contribution is 2.45. The molecule has 144 valence electrons. The molecule has 0 saturated carbocycles. The Morgan fingerprint density at radius 2 is 2.19 bits per heavy atom. The van der Waals surface area contributed by atoms with Crippen molar-refractivity contribution >= 4 is 29.1 Å². The van der Waals surface area contributed by atoms with E-state index < -0.39 is 17.2 Å². The molecule has 1 aromatic rings. The Balaban J connectivity index is 1.94. The zero-order valence-electron chi connectivity index (χ0n) is 15.0. The largest absolute Gasteiger partial charge is 0.573 e. The van der Waals surface area contributed by atoms with Crippen molar-refractivity contribution in [3.63, 3.8) is 0 Å². The molecule has 1 amide bonds. The minimum absolute atomic E-state index is 0.194. The number of carbonyl (C=O) groups excluding carboxylic acids is 1. The lowest BCUT2D eigenvalue weighted by molar-refractivity contribution is -0.274. The Hall–Kier alpha value is -2.18. The number of alkyl halides is 3. The number of ether oxygens (including phenoxy) is 1. The third-order valence-corrected chi connectivity index (χ3v) is 5.55. The lowest BCUT2D eigenvalue weighted by Crippen LogP contribution is -2.64. The summed E-state index contributed by atoms with van der Waals surface area (Å²) in [5.41, 5.74) is 0.724. The molecule has 3 rings (SSSR count). The molecule has 1 unspecified atom stereocenters. The van der Waals surface area contributed by atoms with Crippen molar-refractivity contribution in [3.05, 3.63) is 18.2 Å². The molecule has 0 spiro atoms. The molecule has 0 aliphatic carbocycles. The molecule has 1 fully saturated rings. The van der Waals surface area contributed by atoms with Crippen LogP contribution in [0.4, 0.5) is 18.9 Å². The minimum Gasteiger partial charge on any atom is -0.406 e. The van der Waals surface area contributed by atoms with Gasteiger partial charge in [0.25, 0.3) is 5.91 Å². The molecule has 1 aromatic carbocycles. The van der Waals surface area contributed by atoms with Crippen LogP contribution in [0.1, 0.15) is 20.3 Å². The van der Waals surface area contributed by atoms with Crippen LogP contribution in [-0.2, 0) is 4.79 Å². The summed E-state index contributed by atoms with van der Waals surface area (Å²) < 4.78 is 41.4. The van der Waals surface area contributed by atoms with Crippen molar-refractivity contribution in [3.8, 4) is 18.1 Å². The summed E-state index contributed by atoms with van der Waals surface area (Å²) in [5, 5.41) is 2.69. The van der Waals surface area contributed by atoms with Gasteiger partial charge >= 0.3 is 6.36 Å². The van der Waals surface area contributed by atoms with Gasteiger partial charge in [-0.2, -0.15) is 0 Å². The van der Waals surface area contributed by atoms with Crippen LogP contribution in [0.3, 0.4) is 0 Å². The van der Waals surface area contributed by atoms with Crippen molar-refractivity contribution in [1.82, 2.24) is 10.0 Å². The summed E-state index contributed by atoms with van der Waals surface area (Å²) in [6, 6.07) is 3.96. The fourth-order valence-electron chi connectivity index (χ4n) is 3.37. The van der Waals surface area contributed by atoms with E-state index in [4.69, 9.17) is 6.42 Å². The molecule has 0 N–H and O–H groups in total. The van der Waals surface area contributed by atoms with E-state index in [9.17, 15) is 18.0 Å². The number of thioether (sulfide) groups is 1. The second-order valence-electron chi connectivity index (χ2n) is 6.94. The van der Waals surface area contributed by atoms with E-state index in [-0.39, 0.29) is 18.2 Å². The van der Waals surface area contributed by atoms with Gasteiger partial charge in [0.15, 0.2) is 0 Å². The first-order valence-electron chi connectivity index (χ1n) is 8.14. The van der Waals surface area contributed by atoms with Gasteiger partial charge in [0.05, 0.1) is 17.8 Å². The van der Waals surface area contributed by atoms with Crippen LogP contribution >= 0.6 is 11.8 Å². The molecule has 2 aliphatic heterocycles. The number of terminal acetylenes is 1. The van der Waals surface area contributed by atoms with Crippen molar-refractivity contribution in [2.24, 2.45) is 4.99 Å². The SMILES string of the molecule is C#CCN(C)N1C(=O)C2Sc3cc(OC(F)(F)F)ccc3N=C2CC1(C)C. The van der Waals surface area contributed by atoms with Crippen LogP contribution in [-0.4, -0.2) is 52.4 Å². The van der Waals surface area contributed by atoms with Crippen LogP contribution in [0, 0.1) is 12.3 Å². The van der Waals surface area contributed by atoms with E-state index in [1.807, 2.05) is 13.8 Å². The fourth-order valence-corrected chi connectivity index (χ4v) is 4.52. The number of amides is 1. The Morgan fingerprint density at radius 1 is 1.48 bits per heavy atom. The number of halogens is 3. The average molecular weight is 397 g/mol. The Morgan fingerprint density at radius 3 is 2.81 bits per heavy atom. The number of nitrogens with zero attached hydrogens (tertiary/aromatic N) is 3. The highest BCUT2D eigenvalue weighted by Gasteiger charge is 2.47. The number of hydrazine groups is 1. The lowest BCUT2D eigenvalue weighted by atomic mass is 9.89. The van der Waals surface area contributed by atoms with Crippen LogP contribution in [0.5, 0.6) is 5.75 Å². The molecule has 5 nitrogen and oxygen atoms in total. The minimum atomic E-state index is -4.78. The molecule has 27 heavy (non-hydrogen) atoms. The van der Waals surface area contributed by atoms with Crippen molar-refractivity contribution in [2.45, 2.75) is 42.3 Å². The van der Waals surface area contributed by atoms with E-state index in [1.165, 1.54) is 30.0 Å². The Kier molecular flexibility index (Phi) is 4.91. The summed E-state index contributed by atoms with van der Waals surface area (Å²) in [6.45, 7) is 4.12. The first kappa shape index (κ1) is 19.6. The number of carbonyl (C=O) groups is 1. The molecular formula is C18H18F3N3O2S. The van der Waals surface area contributed by atoms with E-state index in [1.54, 1.807) is 17.1 Å². The molecule has 1 saturated heterocycles. The van der Waals surface area contributed by atoms with Gasteiger partial charge in [-0.25, -0.2) is 5.01 Å². The average Bonchev–Trinajstić information content (AvgIpc) is 2.51. The van der Waals surface area contributed by atoms with E-state index in [0.717, 1.165) is 0 Å². The monoisotopic (exact) mass is 397 g/mol. The molecule has 1 atom stereocenters. The second-order valence-corrected chi connectivity index (χ2v) is 8.08. The van der Waals surface area contributed by atoms with E-state index >= 15 is 0 Å². The zero-order valence-corrected chi connectivity index (χ0v) is 15.8. The van der Waals surface area contributed by atoms with Crippen LogP contribution in [0.25, 0.3) is 0 Å². The first-order chi connectivity index (χ1) is 12.5. The number of rotatable bonds is 3. The summed E-state index contributed by atoms with van der Waals surface area (Å²) in [6.07, 6.45) is 1.12. The van der Waals surface area contributed by atoms with Gasteiger partial charge in [-0.05, 0) is 32.0 Å². The summed E-state index contributed by atoms with van der Waals surface area (Å²) in [4.78, 5) is 18.1. The predicted molar refractivity (Wildman–Crippen MR) is 96.9 cm³/mol. The van der Waals surface area contributed by atoms with Crippen LogP contribution in [0.2, 0.25) is 0 Å². The first-order valence-corrected chi connectivity index (χ1v) is 9.02. The normalized spacial score (nSPS) is 21.3. The highest BCUT2D eigenvalue weighted by molar-refractivity contribution is 8.01. The number of hydrogen-bond acceptors (Lipinski definition) is 5. The maximum Gasteiger partial charge on any atom is 0.573 e. The van der Waals surface area contributed by atoms with Gasteiger partial charge in [-0.15, -0.1) is 31.4 Å². The van der Waals surface area contributed by atoms with Crippen LogP contribution < -0.4 is 4.74 Å². The molecule has 2 aliphatic rings. The Bertz CT molecular complexity index is 845. The molecular weight excluding hydrogens is 379 g/mol. The van der Waals surface area contributed by atoms with E-state index in [2.05, 4.69) is 15.6 Å².